The van der Waals surface area contributed by atoms with Crippen molar-refractivity contribution >= 4 is 28.1 Å². The minimum atomic E-state index is -0.417. The van der Waals surface area contributed by atoms with Crippen LogP contribution < -0.4 is 15.8 Å². The van der Waals surface area contributed by atoms with Gasteiger partial charge in [0.25, 0.3) is 0 Å². The van der Waals surface area contributed by atoms with E-state index in [1.54, 1.807) is 24.3 Å². The van der Waals surface area contributed by atoms with E-state index in [-0.39, 0.29) is 5.75 Å². The second-order valence-electron chi connectivity index (χ2n) is 4.47. The van der Waals surface area contributed by atoms with Crippen molar-refractivity contribution in [1.82, 2.24) is 9.97 Å². The quantitative estimate of drug-likeness (QED) is 0.723. The molecule has 0 radical (unpaired) electrons. The lowest BCUT2D eigenvalue weighted by molar-refractivity contribution is 0.387. The predicted molar refractivity (Wildman–Crippen MR) is 80.2 cm³/mol. The van der Waals surface area contributed by atoms with Crippen LogP contribution in [0.5, 0.6) is 5.75 Å². The van der Waals surface area contributed by atoms with Gasteiger partial charge in [-0.05, 0) is 30.3 Å². The van der Waals surface area contributed by atoms with Gasteiger partial charge in [0.1, 0.15) is 12.1 Å². The summed E-state index contributed by atoms with van der Waals surface area (Å²) in [5, 5.41) is 3.92. The highest BCUT2D eigenvalue weighted by Gasteiger charge is 2.07. The van der Waals surface area contributed by atoms with Crippen molar-refractivity contribution in [3.63, 3.8) is 0 Å². The van der Waals surface area contributed by atoms with Gasteiger partial charge in [0.05, 0.1) is 12.6 Å². The number of nitrogens with zero attached hydrogens (tertiary/aromatic N) is 2. The topological polar surface area (TPSA) is 73.1 Å². The van der Waals surface area contributed by atoms with Crippen LogP contribution in [0.2, 0.25) is 0 Å². The van der Waals surface area contributed by atoms with Crippen LogP contribution in [0.25, 0.3) is 10.9 Å². The Labute approximate surface area is 120 Å². The third-order valence-electron chi connectivity index (χ3n) is 3.07. The molecule has 0 bridgehead atoms. The van der Waals surface area contributed by atoms with E-state index in [4.69, 9.17) is 10.5 Å². The van der Waals surface area contributed by atoms with Gasteiger partial charge in [-0.1, -0.05) is 0 Å². The molecule has 2 aromatic carbocycles. The van der Waals surface area contributed by atoms with Crippen molar-refractivity contribution in [3.05, 3.63) is 48.5 Å². The van der Waals surface area contributed by atoms with Gasteiger partial charge < -0.3 is 15.8 Å². The van der Waals surface area contributed by atoms with E-state index in [0.29, 0.717) is 17.2 Å². The number of hydrogen-bond donors (Lipinski definition) is 2. The predicted octanol–water partition coefficient (Wildman–Crippen LogP) is 3.10. The smallest absolute Gasteiger partial charge is 0.165 e. The highest BCUT2D eigenvalue weighted by molar-refractivity contribution is 5.92. The van der Waals surface area contributed by atoms with Crippen molar-refractivity contribution in [2.24, 2.45) is 0 Å². The second kappa shape index (κ2) is 5.24. The van der Waals surface area contributed by atoms with Crippen LogP contribution in [0.1, 0.15) is 0 Å². The number of benzene rings is 2. The number of hydrogen-bond acceptors (Lipinski definition) is 5. The van der Waals surface area contributed by atoms with Crippen LogP contribution in [0.15, 0.2) is 42.7 Å². The molecule has 21 heavy (non-hydrogen) atoms. The van der Waals surface area contributed by atoms with Crippen molar-refractivity contribution in [2.45, 2.75) is 0 Å². The van der Waals surface area contributed by atoms with Crippen molar-refractivity contribution in [3.8, 4) is 5.75 Å². The molecule has 0 aliphatic rings. The van der Waals surface area contributed by atoms with E-state index >= 15 is 0 Å². The van der Waals surface area contributed by atoms with Gasteiger partial charge in [-0.2, -0.15) is 0 Å². The fraction of sp³-hybridized carbons (Fsp3) is 0.0667. The minimum Gasteiger partial charge on any atom is -0.494 e. The van der Waals surface area contributed by atoms with Crippen LogP contribution in [-0.4, -0.2) is 17.1 Å². The molecule has 1 heterocycles. The third kappa shape index (κ3) is 2.55. The second-order valence-corrected chi connectivity index (χ2v) is 4.47. The first-order chi connectivity index (χ1) is 10.2. The van der Waals surface area contributed by atoms with Crippen LogP contribution in [0.3, 0.4) is 0 Å². The molecule has 0 unspecified atom stereocenters. The van der Waals surface area contributed by atoms with Crippen LogP contribution in [0.4, 0.5) is 21.6 Å². The first-order valence-corrected chi connectivity index (χ1v) is 6.28. The highest BCUT2D eigenvalue weighted by Crippen LogP contribution is 2.27. The fourth-order valence-electron chi connectivity index (χ4n) is 2.05. The maximum Gasteiger partial charge on any atom is 0.165 e. The molecule has 0 aliphatic carbocycles. The molecule has 0 atom stereocenters. The molecular weight excluding hydrogens is 271 g/mol. The molecular formula is C15H13FN4O. The number of halogens is 1. The van der Waals surface area contributed by atoms with Gasteiger partial charge in [0, 0.05) is 22.8 Å². The van der Waals surface area contributed by atoms with Crippen molar-refractivity contribution < 1.29 is 9.13 Å². The van der Waals surface area contributed by atoms with Gasteiger partial charge in [-0.15, -0.1) is 0 Å². The zero-order valence-corrected chi connectivity index (χ0v) is 11.3. The molecule has 0 aliphatic heterocycles. The Morgan fingerprint density at radius 3 is 2.81 bits per heavy atom. The summed E-state index contributed by atoms with van der Waals surface area (Å²) in [6.45, 7) is 0. The van der Waals surface area contributed by atoms with E-state index in [1.165, 1.54) is 19.5 Å². The number of methoxy groups -OCH3 is 1. The molecule has 6 heteroatoms. The molecule has 1 aromatic heterocycles. The van der Waals surface area contributed by atoms with Crippen LogP contribution >= 0.6 is 0 Å². The van der Waals surface area contributed by atoms with Gasteiger partial charge in [0.15, 0.2) is 11.6 Å². The Balaban J connectivity index is 2.03. The molecule has 0 spiro atoms. The summed E-state index contributed by atoms with van der Waals surface area (Å²) >= 11 is 0. The number of nitrogens with two attached hydrogens (primary N) is 1. The molecule has 3 aromatic rings. The lowest BCUT2D eigenvalue weighted by Gasteiger charge is -2.10. The van der Waals surface area contributed by atoms with Crippen LogP contribution in [0, 0.1) is 5.82 Å². The molecule has 5 nitrogen and oxygen atoms in total. The zero-order chi connectivity index (χ0) is 14.8. The number of ether oxygens (including phenoxy) is 1. The van der Waals surface area contributed by atoms with Crippen molar-refractivity contribution in [1.29, 1.82) is 0 Å². The summed E-state index contributed by atoms with van der Waals surface area (Å²) in [4.78, 5) is 8.39. The average molecular weight is 284 g/mol. The molecule has 3 rings (SSSR count). The van der Waals surface area contributed by atoms with Gasteiger partial charge in [-0.3, -0.25) is 0 Å². The van der Waals surface area contributed by atoms with Gasteiger partial charge >= 0.3 is 0 Å². The molecule has 0 amide bonds. The van der Waals surface area contributed by atoms with E-state index in [0.717, 1.165) is 10.9 Å². The van der Waals surface area contributed by atoms with Crippen molar-refractivity contribution in [2.75, 3.05) is 18.2 Å². The largest absolute Gasteiger partial charge is 0.494 e. The average Bonchev–Trinajstić information content (AvgIpc) is 2.50. The minimum absolute atomic E-state index is 0.165. The first-order valence-electron chi connectivity index (χ1n) is 6.28. The monoisotopic (exact) mass is 284 g/mol. The fourth-order valence-corrected chi connectivity index (χ4v) is 2.05. The maximum atomic E-state index is 13.4. The lowest BCUT2D eigenvalue weighted by Crippen LogP contribution is -1.98. The Bertz CT molecular complexity index is 807. The molecule has 0 saturated carbocycles. The first kappa shape index (κ1) is 13.1. The molecule has 0 saturated heterocycles. The normalized spacial score (nSPS) is 10.6. The molecule has 106 valence electrons. The standard InChI is InChI=1S/C15H13FN4O/c1-21-14-7-10(3-4-12(14)16)20-15-11-6-9(17)2-5-13(11)18-8-19-15/h2-8H,17H2,1H3,(H,18,19,20). The summed E-state index contributed by atoms with van der Waals surface area (Å²) in [5.41, 5.74) is 7.86. The number of nitrogen functional groups attached to an aromatic ring is 1. The summed E-state index contributed by atoms with van der Waals surface area (Å²) in [6, 6.07) is 9.90. The van der Waals surface area contributed by atoms with Gasteiger partial charge in [0.2, 0.25) is 0 Å². The molecule has 0 fully saturated rings. The zero-order valence-electron chi connectivity index (χ0n) is 11.3. The van der Waals surface area contributed by atoms with E-state index in [9.17, 15) is 4.39 Å². The third-order valence-corrected chi connectivity index (χ3v) is 3.07. The number of anilines is 3. The summed E-state index contributed by atoms with van der Waals surface area (Å²) in [7, 11) is 1.42. The summed E-state index contributed by atoms with van der Waals surface area (Å²) < 4.78 is 18.4. The Morgan fingerprint density at radius 2 is 2.00 bits per heavy atom. The Hall–Kier alpha value is -2.89. The van der Waals surface area contributed by atoms with Crippen LogP contribution in [-0.2, 0) is 0 Å². The summed E-state index contributed by atoms with van der Waals surface area (Å²) in [5.74, 6) is 0.346. The lowest BCUT2D eigenvalue weighted by atomic mass is 10.2. The molecule has 3 N–H and O–H groups in total. The Morgan fingerprint density at radius 1 is 1.14 bits per heavy atom. The number of fused-ring (bicyclic) bond motifs is 1. The van der Waals surface area contributed by atoms with E-state index < -0.39 is 5.82 Å². The number of aromatic nitrogens is 2. The van der Waals surface area contributed by atoms with Gasteiger partial charge in [-0.25, -0.2) is 14.4 Å². The highest BCUT2D eigenvalue weighted by atomic mass is 19.1. The maximum absolute atomic E-state index is 13.4. The number of nitrogens with one attached hydrogen (secondary N) is 1. The number of rotatable bonds is 3. The van der Waals surface area contributed by atoms with E-state index in [1.807, 2.05) is 6.07 Å². The van der Waals surface area contributed by atoms with E-state index in [2.05, 4.69) is 15.3 Å². The Kier molecular flexibility index (Phi) is 3.27. The summed E-state index contributed by atoms with van der Waals surface area (Å²) in [6.07, 6.45) is 1.46. The SMILES string of the molecule is COc1cc(Nc2ncnc3ccc(N)cc23)ccc1F.